The fourth-order valence-corrected chi connectivity index (χ4v) is 3.80. The second-order valence-corrected chi connectivity index (χ2v) is 6.76. The molecule has 0 aliphatic carbocycles. The van der Waals surface area contributed by atoms with E-state index >= 15 is 0 Å². The van der Waals surface area contributed by atoms with Crippen molar-refractivity contribution in [2.24, 2.45) is 0 Å². The van der Waals surface area contributed by atoms with E-state index in [-0.39, 0.29) is 11.4 Å². The van der Waals surface area contributed by atoms with E-state index in [1.54, 1.807) is 24.3 Å². The van der Waals surface area contributed by atoms with Crippen LogP contribution >= 0.6 is 0 Å². The second-order valence-electron chi connectivity index (χ2n) is 4.93. The van der Waals surface area contributed by atoms with E-state index in [2.05, 4.69) is 5.32 Å². The Kier molecular flexibility index (Phi) is 3.17. The van der Waals surface area contributed by atoms with Gasteiger partial charge in [0.15, 0.2) is 0 Å². The SMILES string of the molecule is Cc1cccc(CN2C(=O)Nc3ccccc3S2(=O)=O)c1. The van der Waals surface area contributed by atoms with Gasteiger partial charge in [-0.1, -0.05) is 42.0 Å². The van der Waals surface area contributed by atoms with E-state index < -0.39 is 16.1 Å². The summed E-state index contributed by atoms with van der Waals surface area (Å²) in [6, 6.07) is 13.2. The molecule has 6 heteroatoms. The highest BCUT2D eigenvalue weighted by molar-refractivity contribution is 7.90. The minimum absolute atomic E-state index is 0.0180. The molecule has 2 aromatic rings. The van der Waals surface area contributed by atoms with Crippen molar-refractivity contribution in [3.63, 3.8) is 0 Å². The number of sulfonamides is 1. The summed E-state index contributed by atoms with van der Waals surface area (Å²) >= 11 is 0. The average molecular weight is 302 g/mol. The molecule has 5 nitrogen and oxygen atoms in total. The molecule has 0 atom stereocenters. The second kappa shape index (κ2) is 4.89. The smallest absolute Gasteiger partial charge is 0.306 e. The van der Waals surface area contributed by atoms with Gasteiger partial charge in [-0.05, 0) is 24.6 Å². The van der Waals surface area contributed by atoms with Crippen molar-refractivity contribution in [1.29, 1.82) is 0 Å². The molecule has 1 aliphatic rings. The maximum absolute atomic E-state index is 12.6. The van der Waals surface area contributed by atoms with Gasteiger partial charge in [0.05, 0.1) is 12.2 Å². The highest BCUT2D eigenvalue weighted by atomic mass is 32.2. The van der Waals surface area contributed by atoms with Crippen molar-refractivity contribution in [2.75, 3.05) is 5.32 Å². The molecule has 2 aromatic carbocycles. The maximum atomic E-state index is 12.6. The number of aryl methyl sites for hydroxylation is 1. The van der Waals surface area contributed by atoms with E-state index in [1.165, 1.54) is 6.07 Å². The number of benzene rings is 2. The molecular formula is C15H14N2O3S. The Labute approximate surface area is 123 Å². The van der Waals surface area contributed by atoms with E-state index in [9.17, 15) is 13.2 Å². The molecule has 0 aromatic heterocycles. The Hall–Kier alpha value is -2.34. The third-order valence-corrected chi connectivity index (χ3v) is 5.12. The van der Waals surface area contributed by atoms with E-state index in [0.717, 1.165) is 15.4 Å². The molecule has 0 bridgehead atoms. The normalized spacial score (nSPS) is 16.2. The Morgan fingerprint density at radius 1 is 1.10 bits per heavy atom. The molecule has 0 spiro atoms. The Morgan fingerprint density at radius 2 is 1.86 bits per heavy atom. The minimum atomic E-state index is -3.82. The minimum Gasteiger partial charge on any atom is -0.306 e. The fourth-order valence-electron chi connectivity index (χ4n) is 2.33. The molecule has 1 aliphatic heterocycles. The van der Waals surface area contributed by atoms with E-state index in [1.807, 2.05) is 25.1 Å². The van der Waals surface area contributed by atoms with Crippen LogP contribution in [-0.2, 0) is 16.6 Å². The molecule has 0 saturated heterocycles. The van der Waals surface area contributed by atoms with Gasteiger partial charge in [-0.15, -0.1) is 0 Å². The molecule has 21 heavy (non-hydrogen) atoms. The highest BCUT2D eigenvalue weighted by Crippen LogP contribution is 2.30. The summed E-state index contributed by atoms with van der Waals surface area (Å²) in [5.41, 5.74) is 2.11. The Bertz CT molecular complexity index is 815. The van der Waals surface area contributed by atoms with Crippen molar-refractivity contribution in [3.8, 4) is 0 Å². The first-order valence-electron chi connectivity index (χ1n) is 6.47. The average Bonchev–Trinajstić information content (AvgIpc) is 2.44. The summed E-state index contributed by atoms with van der Waals surface area (Å²) < 4.78 is 26.0. The van der Waals surface area contributed by atoms with E-state index in [0.29, 0.717) is 5.69 Å². The lowest BCUT2D eigenvalue weighted by Gasteiger charge is -2.28. The zero-order chi connectivity index (χ0) is 15.0. The summed E-state index contributed by atoms with van der Waals surface area (Å²) in [5, 5.41) is 2.61. The number of hydrogen-bond donors (Lipinski definition) is 1. The van der Waals surface area contributed by atoms with Crippen molar-refractivity contribution in [3.05, 3.63) is 59.7 Å². The van der Waals surface area contributed by atoms with Gasteiger partial charge in [0.25, 0.3) is 10.0 Å². The lowest BCUT2D eigenvalue weighted by Crippen LogP contribution is -2.43. The molecule has 0 radical (unpaired) electrons. The molecule has 108 valence electrons. The van der Waals surface area contributed by atoms with Crippen LogP contribution in [0.25, 0.3) is 0 Å². The maximum Gasteiger partial charge on any atom is 0.336 e. The van der Waals surface area contributed by atoms with Gasteiger partial charge in [-0.2, -0.15) is 0 Å². The number of anilines is 1. The third kappa shape index (κ3) is 2.38. The van der Waals surface area contributed by atoms with Crippen molar-refractivity contribution < 1.29 is 13.2 Å². The fraction of sp³-hybridized carbons (Fsp3) is 0.133. The van der Waals surface area contributed by atoms with E-state index in [4.69, 9.17) is 0 Å². The number of carbonyl (C=O) groups excluding carboxylic acids is 1. The number of hydrogen-bond acceptors (Lipinski definition) is 3. The summed E-state index contributed by atoms with van der Waals surface area (Å²) in [4.78, 5) is 12.2. The molecule has 0 unspecified atom stereocenters. The quantitative estimate of drug-likeness (QED) is 0.927. The number of nitrogens with one attached hydrogen (secondary N) is 1. The first-order chi connectivity index (χ1) is 9.98. The van der Waals surface area contributed by atoms with Crippen molar-refractivity contribution in [2.45, 2.75) is 18.4 Å². The summed E-state index contributed by atoms with van der Waals surface area (Å²) in [5.74, 6) is 0. The van der Waals surface area contributed by atoms with Gasteiger partial charge in [-0.25, -0.2) is 17.5 Å². The summed E-state index contributed by atoms with van der Waals surface area (Å²) in [6.45, 7) is 1.94. The molecule has 0 fully saturated rings. The standard InChI is InChI=1S/C15H14N2O3S/c1-11-5-4-6-12(9-11)10-17-15(18)16-13-7-2-3-8-14(13)21(17,19)20/h2-9H,10H2,1H3,(H,16,18). The predicted molar refractivity (Wildman–Crippen MR) is 79.4 cm³/mol. The van der Waals surface area contributed by atoms with Crippen LogP contribution in [-0.4, -0.2) is 18.8 Å². The lowest BCUT2D eigenvalue weighted by atomic mass is 10.1. The van der Waals surface area contributed by atoms with Gasteiger partial charge >= 0.3 is 6.03 Å². The van der Waals surface area contributed by atoms with Gasteiger partial charge in [0, 0.05) is 0 Å². The van der Waals surface area contributed by atoms with Crippen LogP contribution in [0.15, 0.2) is 53.4 Å². The molecule has 1 heterocycles. The monoisotopic (exact) mass is 302 g/mol. The lowest BCUT2D eigenvalue weighted by molar-refractivity contribution is 0.233. The zero-order valence-corrected chi connectivity index (χ0v) is 12.2. The number of fused-ring (bicyclic) bond motifs is 1. The largest absolute Gasteiger partial charge is 0.336 e. The number of carbonyl (C=O) groups is 1. The van der Waals surface area contributed by atoms with Crippen LogP contribution in [0.3, 0.4) is 0 Å². The Balaban J connectivity index is 2.02. The number of urea groups is 1. The zero-order valence-electron chi connectivity index (χ0n) is 11.4. The van der Waals surface area contributed by atoms with Gasteiger partial charge in [0.1, 0.15) is 4.90 Å². The van der Waals surface area contributed by atoms with Crippen LogP contribution in [0.4, 0.5) is 10.5 Å². The van der Waals surface area contributed by atoms with Gasteiger partial charge in [-0.3, -0.25) is 0 Å². The van der Waals surface area contributed by atoms with Crippen LogP contribution < -0.4 is 5.32 Å². The first-order valence-corrected chi connectivity index (χ1v) is 7.91. The van der Waals surface area contributed by atoms with Gasteiger partial charge in [0.2, 0.25) is 0 Å². The molecule has 2 amide bonds. The first kappa shape index (κ1) is 13.6. The molecule has 1 N–H and O–H groups in total. The predicted octanol–water partition coefficient (Wildman–Crippen LogP) is 2.73. The third-order valence-electron chi connectivity index (χ3n) is 3.33. The molecule has 3 rings (SSSR count). The number of nitrogens with zero attached hydrogens (tertiary/aromatic N) is 1. The molecular weight excluding hydrogens is 288 g/mol. The summed E-state index contributed by atoms with van der Waals surface area (Å²) in [7, 11) is -3.82. The van der Waals surface area contributed by atoms with Crippen LogP contribution in [0.1, 0.15) is 11.1 Å². The number of para-hydroxylation sites is 1. The summed E-state index contributed by atoms with van der Waals surface area (Å²) in [6.07, 6.45) is 0. The van der Waals surface area contributed by atoms with Crippen LogP contribution in [0.5, 0.6) is 0 Å². The number of amides is 2. The van der Waals surface area contributed by atoms with Crippen LogP contribution in [0.2, 0.25) is 0 Å². The van der Waals surface area contributed by atoms with Crippen molar-refractivity contribution in [1.82, 2.24) is 4.31 Å². The van der Waals surface area contributed by atoms with Crippen molar-refractivity contribution >= 4 is 21.7 Å². The van der Waals surface area contributed by atoms with Gasteiger partial charge < -0.3 is 5.32 Å². The topological polar surface area (TPSA) is 66.5 Å². The highest BCUT2D eigenvalue weighted by Gasteiger charge is 2.36. The number of rotatable bonds is 2. The molecule has 0 saturated carbocycles. The van der Waals surface area contributed by atoms with Crippen LogP contribution in [0, 0.1) is 6.92 Å². The Morgan fingerprint density at radius 3 is 2.62 bits per heavy atom.